The third kappa shape index (κ3) is 4.85. The average molecular weight is 318 g/mol. The van der Waals surface area contributed by atoms with Gasteiger partial charge in [0.05, 0.1) is 24.5 Å². The number of halogens is 3. The van der Waals surface area contributed by atoms with Crippen molar-refractivity contribution in [1.82, 2.24) is 0 Å². The van der Waals surface area contributed by atoms with Crippen molar-refractivity contribution < 1.29 is 18.0 Å². The van der Waals surface area contributed by atoms with E-state index in [1.807, 2.05) is 6.07 Å². The van der Waals surface area contributed by atoms with Crippen molar-refractivity contribution in [2.45, 2.75) is 19.0 Å². The van der Waals surface area contributed by atoms with Crippen molar-refractivity contribution in [2.24, 2.45) is 0 Å². The first-order valence-electron chi connectivity index (χ1n) is 6.80. The molecular formula is C17H13F3N2O. The maximum atomic E-state index is 12.5. The highest BCUT2D eigenvalue weighted by molar-refractivity contribution is 5.92. The third-order valence-corrected chi connectivity index (χ3v) is 3.17. The van der Waals surface area contributed by atoms with Crippen LogP contribution in [0.1, 0.15) is 16.7 Å². The van der Waals surface area contributed by atoms with Crippen LogP contribution in [0.4, 0.5) is 18.9 Å². The molecule has 1 N–H and O–H groups in total. The molecule has 6 heteroatoms. The van der Waals surface area contributed by atoms with Crippen LogP contribution in [0.3, 0.4) is 0 Å². The molecule has 0 fully saturated rings. The van der Waals surface area contributed by atoms with Crippen LogP contribution < -0.4 is 5.32 Å². The summed E-state index contributed by atoms with van der Waals surface area (Å²) in [6.07, 6.45) is -4.11. The van der Waals surface area contributed by atoms with Crippen LogP contribution in [-0.2, 0) is 23.8 Å². The number of amides is 1. The number of nitrogens with one attached hydrogen (secondary N) is 1. The van der Waals surface area contributed by atoms with E-state index in [9.17, 15) is 18.0 Å². The largest absolute Gasteiger partial charge is 0.416 e. The zero-order chi connectivity index (χ0) is 16.9. The molecule has 23 heavy (non-hydrogen) atoms. The number of nitriles is 1. The molecule has 2 aromatic rings. The molecule has 0 saturated carbocycles. The minimum atomic E-state index is -4.38. The molecule has 118 valence electrons. The van der Waals surface area contributed by atoms with Crippen LogP contribution >= 0.6 is 0 Å². The van der Waals surface area contributed by atoms with Gasteiger partial charge in [0.1, 0.15) is 0 Å². The standard InChI is InChI=1S/C17H13F3N2O/c18-17(19,20)14-5-1-13(2-6-14)11-16(23)22-15-7-3-12(4-8-15)9-10-21/h1-8H,9,11H2,(H,22,23). The molecule has 2 rings (SSSR count). The molecule has 0 radical (unpaired) electrons. The Kier molecular flexibility index (Phi) is 5.02. The summed E-state index contributed by atoms with van der Waals surface area (Å²) in [5.41, 5.74) is 1.17. The Morgan fingerprint density at radius 2 is 1.57 bits per heavy atom. The summed E-state index contributed by atoms with van der Waals surface area (Å²) in [7, 11) is 0. The lowest BCUT2D eigenvalue weighted by Gasteiger charge is -2.08. The SMILES string of the molecule is N#CCc1ccc(NC(=O)Cc2ccc(C(F)(F)F)cc2)cc1. The lowest BCUT2D eigenvalue weighted by Crippen LogP contribution is -2.14. The Hall–Kier alpha value is -2.81. The van der Waals surface area contributed by atoms with Crippen molar-refractivity contribution >= 4 is 11.6 Å². The zero-order valence-electron chi connectivity index (χ0n) is 12.0. The van der Waals surface area contributed by atoms with E-state index < -0.39 is 11.7 Å². The fourth-order valence-corrected chi connectivity index (χ4v) is 2.00. The Morgan fingerprint density at radius 3 is 2.09 bits per heavy atom. The van der Waals surface area contributed by atoms with Crippen LogP contribution in [-0.4, -0.2) is 5.91 Å². The van der Waals surface area contributed by atoms with E-state index in [1.54, 1.807) is 24.3 Å². The number of alkyl halides is 3. The van der Waals surface area contributed by atoms with Gasteiger partial charge in [-0.25, -0.2) is 0 Å². The van der Waals surface area contributed by atoms with Crippen molar-refractivity contribution in [2.75, 3.05) is 5.32 Å². The highest BCUT2D eigenvalue weighted by atomic mass is 19.4. The normalized spacial score (nSPS) is 10.9. The van der Waals surface area contributed by atoms with Gasteiger partial charge in [-0.15, -0.1) is 0 Å². The van der Waals surface area contributed by atoms with Crippen molar-refractivity contribution in [3.63, 3.8) is 0 Å². The van der Waals surface area contributed by atoms with Gasteiger partial charge in [0.2, 0.25) is 5.91 Å². The van der Waals surface area contributed by atoms with E-state index in [1.165, 1.54) is 12.1 Å². The number of carbonyl (C=O) groups excluding carboxylic acids is 1. The fraction of sp³-hybridized carbons (Fsp3) is 0.176. The molecular weight excluding hydrogens is 305 g/mol. The molecule has 0 saturated heterocycles. The molecule has 0 aromatic heterocycles. The topological polar surface area (TPSA) is 52.9 Å². The van der Waals surface area contributed by atoms with E-state index in [2.05, 4.69) is 5.32 Å². The van der Waals surface area contributed by atoms with E-state index in [0.29, 0.717) is 17.7 Å². The second kappa shape index (κ2) is 6.97. The molecule has 0 atom stereocenters. The second-order valence-corrected chi connectivity index (χ2v) is 4.95. The van der Waals surface area contributed by atoms with Crippen molar-refractivity contribution in [3.05, 3.63) is 65.2 Å². The maximum absolute atomic E-state index is 12.5. The summed E-state index contributed by atoms with van der Waals surface area (Å²) in [5.74, 6) is -0.321. The van der Waals surface area contributed by atoms with Crippen LogP contribution in [0, 0.1) is 11.3 Å². The summed E-state index contributed by atoms with van der Waals surface area (Å²) in [5, 5.41) is 11.2. The molecule has 0 unspecified atom stereocenters. The van der Waals surface area contributed by atoms with Gasteiger partial charge in [0.15, 0.2) is 0 Å². The zero-order valence-corrected chi connectivity index (χ0v) is 12.0. The first-order chi connectivity index (χ1) is 10.9. The molecule has 0 aliphatic rings. The number of benzene rings is 2. The van der Waals surface area contributed by atoms with Gasteiger partial charge in [0.25, 0.3) is 0 Å². The minimum Gasteiger partial charge on any atom is -0.326 e. The monoisotopic (exact) mass is 318 g/mol. The quantitative estimate of drug-likeness (QED) is 0.928. The van der Waals surface area contributed by atoms with Gasteiger partial charge in [-0.3, -0.25) is 4.79 Å². The van der Waals surface area contributed by atoms with Gasteiger partial charge < -0.3 is 5.32 Å². The highest BCUT2D eigenvalue weighted by Crippen LogP contribution is 2.29. The second-order valence-electron chi connectivity index (χ2n) is 4.95. The number of rotatable bonds is 4. The Balaban J connectivity index is 1.95. The first-order valence-corrected chi connectivity index (χ1v) is 6.80. The van der Waals surface area contributed by atoms with E-state index in [-0.39, 0.29) is 12.3 Å². The van der Waals surface area contributed by atoms with Crippen molar-refractivity contribution in [3.8, 4) is 6.07 Å². The highest BCUT2D eigenvalue weighted by Gasteiger charge is 2.29. The molecule has 3 nitrogen and oxygen atoms in total. The van der Waals surface area contributed by atoms with Gasteiger partial charge in [-0.2, -0.15) is 18.4 Å². The summed E-state index contributed by atoms with van der Waals surface area (Å²) >= 11 is 0. The van der Waals surface area contributed by atoms with E-state index in [4.69, 9.17) is 5.26 Å². The number of carbonyl (C=O) groups is 1. The lowest BCUT2D eigenvalue weighted by molar-refractivity contribution is -0.137. The van der Waals surface area contributed by atoms with Crippen LogP contribution in [0.15, 0.2) is 48.5 Å². The average Bonchev–Trinajstić information content (AvgIpc) is 2.49. The molecule has 2 aromatic carbocycles. The van der Waals surface area contributed by atoms with Crippen LogP contribution in [0.2, 0.25) is 0 Å². The number of anilines is 1. The van der Waals surface area contributed by atoms with Gasteiger partial charge in [0, 0.05) is 5.69 Å². The molecule has 1 amide bonds. The van der Waals surface area contributed by atoms with Crippen LogP contribution in [0.5, 0.6) is 0 Å². The molecule has 0 bridgehead atoms. The Labute approximate surface area is 131 Å². The van der Waals surface area contributed by atoms with E-state index >= 15 is 0 Å². The summed E-state index contributed by atoms with van der Waals surface area (Å²) < 4.78 is 37.4. The fourth-order valence-electron chi connectivity index (χ4n) is 2.00. The summed E-state index contributed by atoms with van der Waals surface area (Å²) in [4.78, 5) is 11.9. The molecule has 0 heterocycles. The Morgan fingerprint density at radius 1 is 1.00 bits per heavy atom. The number of hydrogen-bond acceptors (Lipinski definition) is 2. The van der Waals surface area contributed by atoms with Gasteiger partial charge in [-0.05, 0) is 35.4 Å². The molecule has 0 aliphatic carbocycles. The maximum Gasteiger partial charge on any atom is 0.416 e. The van der Waals surface area contributed by atoms with Crippen molar-refractivity contribution in [1.29, 1.82) is 5.26 Å². The summed E-state index contributed by atoms with van der Waals surface area (Å²) in [6, 6.07) is 13.3. The number of hydrogen-bond donors (Lipinski definition) is 1. The summed E-state index contributed by atoms with van der Waals surface area (Å²) in [6.45, 7) is 0. The van der Waals surface area contributed by atoms with Gasteiger partial charge >= 0.3 is 6.18 Å². The predicted octanol–water partition coefficient (Wildman–Crippen LogP) is 3.95. The van der Waals surface area contributed by atoms with E-state index in [0.717, 1.165) is 17.7 Å². The predicted molar refractivity (Wildman–Crippen MR) is 79.5 cm³/mol. The smallest absolute Gasteiger partial charge is 0.326 e. The Bertz CT molecular complexity index is 713. The third-order valence-electron chi connectivity index (χ3n) is 3.17. The number of nitrogens with zero attached hydrogens (tertiary/aromatic N) is 1. The van der Waals surface area contributed by atoms with Gasteiger partial charge in [-0.1, -0.05) is 24.3 Å². The molecule has 0 spiro atoms. The lowest BCUT2D eigenvalue weighted by atomic mass is 10.1. The molecule has 0 aliphatic heterocycles. The van der Waals surface area contributed by atoms with Crippen LogP contribution in [0.25, 0.3) is 0 Å². The minimum absolute atomic E-state index is 0.0158. The first kappa shape index (κ1) is 16.6.